The highest BCUT2D eigenvalue weighted by Gasteiger charge is 2.02. The summed E-state index contributed by atoms with van der Waals surface area (Å²) >= 11 is 0. The lowest BCUT2D eigenvalue weighted by atomic mass is 10.2. The van der Waals surface area contributed by atoms with Crippen molar-refractivity contribution >= 4 is 24.1 Å². The van der Waals surface area contributed by atoms with Gasteiger partial charge in [-0.05, 0) is 61.4 Å². The molecule has 0 atom stereocenters. The Morgan fingerprint density at radius 1 is 0.750 bits per heavy atom. The second kappa shape index (κ2) is 14.1. The summed E-state index contributed by atoms with van der Waals surface area (Å²) in [5.74, 6) is 0.0765. The van der Waals surface area contributed by atoms with E-state index in [1.54, 1.807) is 50.3 Å². The van der Waals surface area contributed by atoms with Gasteiger partial charge < -0.3 is 29.2 Å². The Labute approximate surface area is 187 Å². The maximum absolute atomic E-state index is 11.0. The van der Waals surface area contributed by atoms with Crippen LogP contribution in [0.1, 0.15) is 25.0 Å². The van der Waals surface area contributed by atoms with E-state index in [9.17, 15) is 19.8 Å². The molecule has 32 heavy (non-hydrogen) atoms. The number of phenols is 2. The van der Waals surface area contributed by atoms with Crippen molar-refractivity contribution in [2.75, 3.05) is 27.4 Å². The van der Waals surface area contributed by atoms with Crippen molar-refractivity contribution in [1.82, 2.24) is 0 Å². The van der Waals surface area contributed by atoms with Gasteiger partial charge in [0.1, 0.15) is 0 Å². The smallest absolute Gasteiger partial charge is 0.330 e. The Hall–Kier alpha value is -3.94. The van der Waals surface area contributed by atoms with Gasteiger partial charge in [-0.1, -0.05) is 12.1 Å². The molecule has 0 radical (unpaired) electrons. The molecule has 0 amide bonds. The minimum absolute atomic E-state index is 0.0655. The molecule has 172 valence electrons. The average molecular weight is 444 g/mol. The van der Waals surface area contributed by atoms with Crippen molar-refractivity contribution in [2.24, 2.45) is 0 Å². The summed E-state index contributed by atoms with van der Waals surface area (Å²) in [5, 5.41) is 18.7. The number of phenolic OH excluding ortho intramolecular Hbond substituents is 2. The Morgan fingerprint density at radius 3 is 1.44 bits per heavy atom. The van der Waals surface area contributed by atoms with E-state index in [0.29, 0.717) is 24.7 Å². The molecule has 0 fully saturated rings. The molecule has 0 aromatic heterocycles. The predicted octanol–water partition coefficient (Wildman–Crippen LogP) is 3.95. The second-order valence-corrected chi connectivity index (χ2v) is 6.03. The van der Waals surface area contributed by atoms with Crippen LogP contribution in [-0.4, -0.2) is 49.6 Å². The zero-order valence-electron chi connectivity index (χ0n) is 18.5. The normalized spacial score (nSPS) is 10.4. The summed E-state index contributed by atoms with van der Waals surface area (Å²) in [6.45, 7) is 4.19. The van der Waals surface area contributed by atoms with Gasteiger partial charge in [0.2, 0.25) is 0 Å². The van der Waals surface area contributed by atoms with Crippen LogP contribution in [0.3, 0.4) is 0 Å². The second-order valence-electron chi connectivity index (χ2n) is 6.03. The molecule has 0 aliphatic heterocycles. The Morgan fingerprint density at radius 2 is 1.12 bits per heavy atom. The summed E-state index contributed by atoms with van der Waals surface area (Å²) in [5.41, 5.74) is 1.51. The van der Waals surface area contributed by atoms with Gasteiger partial charge in [0.05, 0.1) is 27.4 Å². The summed E-state index contributed by atoms with van der Waals surface area (Å²) < 4.78 is 19.4. The summed E-state index contributed by atoms with van der Waals surface area (Å²) in [4.78, 5) is 22.1. The van der Waals surface area contributed by atoms with Crippen LogP contribution in [0.2, 0.25) is 0 Å². The van der Waals surface area contributed by atoms with E-state index in [-0.39, 0.29) is 11.5 Å². The minimum atomic E-state index is -0.394. The summed E-state index contributed by atoms with van der Waals surface area (Å²) in [7, 11) is 2.93. The maximum atomic E-state index is 11.0. The average Bonchev–Trinajstić information content (AvgIpc) is 2.79. The van der Waals surface area contributed by atoms with Crippen molar-refractivity contribution in [3.05, 3.63) is 59.7 Å². The first-order valence-electron chi connectivity index (χ1n) is 9.78. The molecule has 2 aromatic carbocycles. The van der Waals surface area contributed by atoms with Crippen molar-refractivity contribution in [3.63, 3.8) is 0 Å². The maximum Gasteiger partial charge on any atom is 0.330 e. The molecular weight excluding hydrogens is 416 g/mol. The third-order valence-corrected chi connectivity index (χ3v) is 3.80. The van der Waals surface area contributed by atoms with Crippen LogP contribution < -0.4 is 9.47 Å². The SMILES string of the molecule is CCOC(=O)/C=C/c1ccc(O)c(OC)c1.CCOC(=O)C=Cc1ccc(O)c(OC)c1. The standard InChI is InChI=1S/2C12H14O4/c2*1-3-16-12(14)7-5-9-4-6-10(13)11(8-9)15-2/h2*4-8,13H,3H2,1-2H3/b7-5+;. The van der Waals surface area contributed by atoms with E-state index >= 15 is 0 Å². The van der Waals surface area contributed by atoms with Crippen molar-refractivity contribution in [2.45, 2.75) is 13.8 Å². The number of benzene rings is 2. The van der Waals surface area contributed by atoms with Gasteiger partial charge in [-0.2, -0.15) is 0 Å². The van der Waals surface area contributed by atoms with Crippen LogP contribution in [0.25, 0.3) is 12.2 Å². The summed E-state index contributed by atoms with van der Waals surface area (Å²) in [6.07, 6.45) is 5.85. The molecule has 8 nitrogen and oxygen atoms in total. The zero-order chi connectivity index (χ0) is 23.9. The number of hydrogen-bond acceptors (Lipinski definition) is 8. The molecule has 0 saturated heterocycles. The molecule has 2 aromatic rings. The molecule has 0 heterocycles. The number of hydrogen-bond donors (Lipinski definition) is 2. The van der Waals surface area contributed by atoms with Crippen molar-refractivity contribution in [3.8, 4) is 23.0 Å². The van der Waals surface area contributed by atoms with Crippen LogP contribution >= 0.6 is 0 Å². The molecule has 2 rings (SSSR count). The largest absolute Gasteiger partial charge is 0.504 e. The van der Waals surface area contributed by atoms with Crippen LogP contribution in [0.4, 0.5) is 0 Å². The van der Waals surface area contributed by atoms with Crippen LogP contribution in [0.15, 0.2) is 48.6 Å². The fourth-order valence-electron chi connectivity index (χ4n) is 2.31. The highest BCUT2D eigenvalue weighted by Crippen LogP contribution is 2.27. The third-order valence-electron chi connectivity index (χ3n) is 3.80. The Kier molecular flexibility index (Phi) is 11.5. The highest BCUT2D eigenvalue weighted by molar-refractivity contribution is 5.87. The van der Waals surface area contributed by atoms with Gasteiger partial charge in [0, 0.05) is 12.2 Å². The Bertz CT molecular complexity index is 870. The monoisotopic (exact) mass is 444 g/mol. The fraction of sp³-hybridized carbons (Fsp3) is 0.250. The number of esters is 2. The minimum Gasteiger partial charge on any atom is -0.504 e. The summed E-state index contributed by atoms with van der Waals surface area (Å²) in [6, 6.07) is 9.62. The molecular formula is C24H28O8. The van der Waals surface area contributed by atoms with E-state index in [1.807, 2.05) is 0 Å². The van der Waals surface area contributed by atoms with E-state index in [0.717, 1.165) is 11.1 Å². The molecule has 8 heteroatoms. The number of aromatic hydroxyl groups is 2. The molecule has 0 saturated carbocycles. The lowest BCUT2D eigenvalue weighted by molar-refractivity contribution is -0.138. The van der Waals surface area contributed by atoms with E-state index in [4.69, 9.17) is 18.9 Å². The van der Waals surface area contributed by atoms with Gasteiger partial charge in [0.25, 0.3) is 0 Å². The third kappa shape index (κ3) is 9.25. The molecule has 0 unspecified atom stereocenters. The van der Waals surface area contributed by atoms with Crippen LogP contribution in [0.5, 0.6) is 23.0 Å². The van der Waals surface area contributed by atoms with Crippen molar-refractivity contribution in [1.29, 1.82) is 0 Å². The van der Waals surface area contributed by atoms with Gasteiger partial charge in [-0.3, -0.25) is 0 Å². The van der Waals surface area contributed by atoms with Gasteiger partial charge in [-0.15, -0.1) is 0 Å². The van der Waals surface area contributed by atoms with E-state index in [1.165, 1.54) is 38.5 Å². The molecule has 2 N–H and O–H groups in total. The quantitative estimate of drug-likeness (QED) is 0.465. The fourth-order valence-corrected chi connectivity index (χ4v) is 2.31. The Balaban J connectivity index is 0.000000320. The number of ether oxygens (including phenoxy) is 4. The van der Waals surface area contributed by atoms with Crippen LogP contribution in [-0.2, 0) is 19.1 Å². The lowest BCUT2D eigenvalue weighted by Gasteiger charge is -2.03. The van der Waals surface area contributed by atoms with Gasteiger partial charge in [-0.25, -0.2) is 9.59 Å². The highest BCUT2D eigenvalue weighted by atomic mass is 16.5. The molecule has 0 spiro atoms. The lowest BCUT2D eigenvalue weighted by Crippen LogP contribution is -1.98. The van der Waals surface area contributed by atoms with E-state index < -0.39 is 11.9 Å². The first-order valence-corrected chi connectivity index (χ1v) is 9.78. The van der Waals surface area contributed by atoms with Crippen molar-refractivity contribution < 1.29 is 38.7 Å². The van der Waals surface area contributed by atoms with Crippen LogP contribution in [0, 0.1) is 0 Å². The van der Waals surface area contributed by atoms with Gasteiger partial charge in [0.15, 0.2) is 23.0 Å². The predicted molar refractivity (Wildman–Crippen MR) is 121 cm³/mol. The number of carbonyl (C=O) groups excluding carboxylic acids is 2. The topological polar surface area (TPSA) is 112 Å². The zero-order valence-corrected chi connectivity index (χ0v) is 18.5. The number of methoxy groups -OCH3 is 2. The number of carbonyl (C=O) groups is 2. The first-order chi connectivity index (χ1) is 15.3. The van der Waals surface area contributed by atoms with E-state index in [2.05, 4.69) is 0 Å². The molecule has 0 bridgehead atoms. The first kappa shape index (κ1) is 26.1. The molecule has 0 aliphatic carbocycles. The molecule has 0 aliphatic rings. The van der Waals surface area contributed by atoms with Gasteiger partial charge >= 0.3 is 11.9 Å². The number of rotatable bonds is 8.